The summed E-state index contributed by atoms with van der Waals surface area (Å²) in [4.78, 5) is 14.5. The lowest BCUT2D eigenvalue weighted by Gasteiger charge is -2.23. The normalized spacial score (nSPS) is 15.2. The molecule has 1 fully saturated rings. The molecule has 3 nitrogen and oxygen atoms in total. The van der Waals surface area contributed by atoms with E-state index in [2.05, 4.69) is 11.4 Å². The van der Waals surface area contributed by atoms with Crippen LogP contribution in [0, 0.1) is 5.92 Å². The van der Waals surface area contributed by atoms with Gasteiger partial charge in [0.1, 0.15) is 0 Å². The molecule has 0 atom stereocenters. The summed E-state index contributed by atoms with van der Waals surface area (Å²) in [6.45, 7) is 0.550. The van der Waals surface area contributed by atoms with Crippen molar-refractivity contribution < 1.29 is 4.79 Å². The summed E-state index contributed by atoms with van der Waals surface area (Å²) in [6.07, 6.45) is 10.4. The predicted octanol–water partition coefficient (Wildman–Crippen LogP) is 5.50. The fourth-order valence-electron chi connectivity index (χ4n) is 3.31. The number of amides is 2. The van der Waals surface area contributed by atoms with Gasteiger partial charge in [-0.25, -0.2) is 4.79 Å². The third kappa shape index (κ3) is 5.21. The molecular weight excluding hydrogens is 308 g/mol. The number of benzene rings is 2. The average molecular weight is 334 g/mol. The average Bonchev–Trinajstić information content (AvgIpc) is 2.68. The van der Waals surface area contributed by atoms with Gasteiger partial charge in [0.05, 0.1) is 6.54 Å². The molecule has 0 unspecified atom stereocenters. The van der Waals surface area contributed by atoms with Crippen LogP contribution >= 0.6 is 0 Å². The van der Waals surface area contributed by atoms with Crippen molar-refractivity contribution in [2.45, 2.75) is 38.6 Å². The number of rotatable bonds is 5. The van der Waals surface area contributed by atoms with E-state index in [9.17, 15) is 4.79 Å². The van der Waals surface area contributed by atoms with Crippen LogP contribution < -0.4 is 10.2 Å². The van der Waals surface area contributed by atoms with E-state index < -0.39 is 0 Å². The molecule has 3 rings (SSSR count). The molecule has 0 radical (unpaired) electrons. The summed E-state index contributed by atoms with van der Waals surface area (Å²) in [5.74, 6) is 0.605. The Morgan fingerprint density at radius 3 is 2.28 bits per heavy atom. The Bertz CT molecular complexity index is 676. The molecule has 3 heteroatoms. The summed E-state index contributed by atoms with van der Waals surface area (Å²) in [5, 5.41) is 2.96. The number of hydrogen-bond acceptors (Lipinski definition) is 1. The molecule has 0 aliphatic heterocycles. The topological polar surface area (TPSA) is 32.3 Å². The van der Waals surface area contributed by atoms with E-state index in [1.165, 1.54) is 32.1 Å². The van der Waals surface area contributed by atoms with E-state index >= 15 is 0 Å². The first kappa shape index (κ1) is 17.3. The van der Waals surface area contributed by atoms with Gasteiger partial charge < -0.3 is 5.32 Å². The minimum atomic E-state index is -0.0953. The summed E-state index contributed by atoms with van der Waals surface area (Å²) >= 11 is 0. The van der Waals surface area contributed by atoms with Gasteiger partial charge in [-0.1, -0.05) is 73.9 Å². The standard InChI is InChI=1S/C22H26N2O/c25-22(23-17-16-19-10-4-1-5-11-19)24(21-14-8-3-9-15-21)18-20-12-6-2-7-13-20/h2-3,6-9,12-17,19H,1,4-5,10-11,18H2,(H,23,25)/b17-16+. The fourth-order valence-corrected chi connectivity index (χ4v) is 3.31. The molecule has 2 amide bonds. The van der Waals surface area contributed by atoms with Gasteiger partial charge in [0.15, 0.2) is 0 Å². The second-order valence-electron chi connectivity index (χ2n) is 6.61. The zero-order valence-electron chi connectivity index (χ0n) is 14.6. The number of anilines is 1. The zero-order valence-corrected chi connectivity index (χ0v) is 14.6. The van der Waals surface area contributed by atoms with Crippen molar-refractivity contribution >= 4 is 11.7 Å². The van der Waals surface area contributed by atoms with Crippen molar-refractivity contribution in [3.8, 4) is 0 Å². The monoisotopic (exact) mass is 334 g/mol. The first-order chi connectivity index (χ1) is 12.3. The Labute approximate surface area is 150 Å². The molecule has 0 spiro atoms. The number of nitrogens with one attached hydrogen (secondary N) is 1. The highest BCUT2D eigenvalue weighted by Gasteiger charge is 2.15. The van der Waals surface area contributed by atoms with E-state index in [1.54, 1.807) is 4.90 Å². The van der Waals surface area contributed by atoms with E-state index in [0.717, 1.165) is 11.3 Å². The third-order valence-corrected chi connectivity index (χ3v) is 4.72. The van der Waals surface area contributed by atoms with Crippen LogP contribution in [0.5, 0.6) is 0 Å². The molecule has 1 aliphatic carbocycles. The number of carbonyl (C=O) groups is 1. The van der Waals surface area contributed by atoms with Gasteiger partial charge in [-0.3, -0.25) is 4.90 Å². The van der Waals surface area contributed by atoms with Crippen LogP contribution in [0.4, 0.5) is 10.5 Å². The summed E-state index contributed by atoms with van der Waals surface area (Å²) in [6, 6.07) is 19.8. The molecule has 1 aliphatic rings. The largest absolute Gasteiger partial charge is 0.326 e. The molecule has 2 aromatic rings. The molecule has 25 heavy (non-hydrogen) atoms. The van der Waals surface area contributed by atoms with Crippen molar-refractivity contribution in [3.05, 3.63) is 78.5 Å². The third-order valence-electron chi connectivity index (χ3n) is 4.72. The lowest BCUT2D eigenvalue weighted by Crippen LogP contribution is -2.37. The van der Waals surface area contributed by atoms with Crippen molar-refractivity contribution in [1.82, 2.24) is 5.32 Å². The maximum absolute atomic E-state index is 12.8. The van der Waals surface area contributed by atoms with Gasteiger partial charge in [-0.15, -0.1) is 0 Å². The van der Waals surface area contributed by atoms with Crippen LogP contribution in [0.25, 0.3) is 0 Å². The summed E-state index contributed by atoms with van der Waals surface area (Å²) in [5.41, 5.74) is 2.01. The van der Waals surface area contributed by atoms with Gasteiger partial charge in [0, 0.05) is 11.9 Å². The van der Waals surface area contributed by atoms with Crippen molar-refractivity contribution in [1.29, 1.82) is 0 Å². The Morgan fingerprint density at radius 1 is 0.960 bits per heavy atom. The first-order valence-corrected chi connectivity index (χ1v) is 9.16. The van der Waals surface area contributed by atoms with Gasteiger partial charge >= 0.3 is 6.03 Å². The fraction of sp³-hybridized carbons (Fsp3) is 0.318. The Morgan fingerprint density at radius 2 is 1.60 bits per heavy atom. The van der Waals surface area contributed by atoms with E-state index in [4.69, 9.17) is 0 Å². The minimum absolute atomic E-state index is 0.0953. The molecule has 0 heterocycles. The summed E-state index contributed by atoms with van der Waals surface area (Å²) < 4.78 is 0. The second kappa shape index (κ2) is 9.07. The number of carbonyl (C=O) groups excluding carboxylic acids is 1. The summed E-state index contributed by atoms with van der Waals surface area (Å²) in [7, 11) is 0. The Hall–Kier alpha value is -2.55. The second-order valence-corrected chi connectivity index (χ2v) is 6.61. The molecule has 1 saturated carbocycles. The number of nitrogens with zero attached hydrogens (tertiary/aromatic N) is 1. The predicted molar refractivity (Wildman–Crippen MR) is 103 cm³/mol. The molecule has 130 valence electrons. The Balaban J connectivity index is 1.67. The van der Waals surface area contributed by atoms with E-state index in [-0.39, 0.29) is 6.03 Å². The Kier molecular flexibility index (Phi) is 6.27. The van der Waals surface area contributed by atoms with Crippen LogP contribution in [0.15, 0.2) is 72.9 Å². The van der Waals surface area contributed by atoms with Gasteiger partial charge in [-0.05, 0) is 36.5 Å². The van der Waals surface area contributed by atoms with Gasteiger partial charge in [0.2, 0.25) is 0 Å². The van der Waals surface area contributed by atoms with Crippen LogP contribution in [-0.2, 0) is 6.54 Å². The lowest BCUT2D eigenvalue weighted by molar-refractivity contribution is 0.249. The molecule has 0 saturated heterocycles. The minimum Gasteiger partial charge on any atom is -0.315 e. The van der Waals surface area contributed by atoms with E-state index in [1.807, 2.05) is 66.9 Å². The van der Waals surface area contributed by atoms with Gasteiger partial charge in [-0.2, -0.15) is 0 Å². The molecule has 0 aromatic heterocycles. The SMILES string of the molecule is O=C(N/C=C/C1CCCCC1)N(Cc1ccccc1)c1ccccc1. The first-order valence-electron chi connectivity index (χ1n) is 9.16. The van der Waals surface area contributed by atoms with E-state index in [0.29, 0.717) is 12.5 Å². The number of urea groups is 1. The highest BCUT2D eigenvalue weighted by molar-refractivity contribution is 5.92. The molecule has 1 N–H and O–H groups in total. The number of hydrogen-bond donors (Lipinski definition) is 1. The van der Waals surface area contributed by atoms with Crippen LogP contribution in [0.3, 0.4) is 0 Å². The van der Waals surface area contributed by atoms with Crippen molar-refractivity contribution in [2.24, 2.45) is 5.92 Å². The highest BCUT2D eigenvalue weighted by Crippen LogP contribution is 2.24. The lowest BCUT2D eigenvalue weighted by atomic mass is 9.89. The highest BCUT2D eigenvalue weighted by atomic mass is 16.2. The zero-order chi connectivity index (χ0) is 17.3. The van der Waals surface area contributed by atoms with Crippen molar-refractivity contribution in [3.63, 3.8) is 0 Å². The maximum Gasteiger partial charge on any atom is 0.326 e. The number of allylic oxidation sites excluding steroid dienone is 1. The smallest absolute Gasteiger partial charge is 0.315 e. The molecular formula is C22H26N2O. The molecule has 0 bridgehead atoms. The van der Waals surface area contributed by atoms with Crippen LogP contribution in [0.1, 0.15) is 37.7 Å². The van der Waals surface area contributed by atoms with Crippen LogP contribution in [0.2, 0.25) is 0 Å². The van der Waals surface area contributed by atoms with Crippen LogP contribution in [-0.4, -0.2) is 6.03 Å². The maximum atomic E-state index is 12.8. The molecule has 2 aromatic carbocycles. The van der Waals surface area contributed by atoms with Gasteiger partial charge in [0.25, 0.3) is 0 Å². The van der Waals surface area contributed by atoms with Crippen molar-refractivity contribution in [2.75, 3.05) is 4.90 Å². The quantitative estimate of drug-likeness (QED) is 0.769. The number of para-hydroxylation sites is 1.